The van der Waals surface area contributed by atoms with Gasteiger partial charge in [0.1, 0.15) is 6.04 Å². The number of methoxy groups -OCH3 is 2. The minimum absolute atomic E-state index is 0.00735. The third kappa shape index (κ3) is 2.82. The van der Waals surface area contributed by atoms with Crippen molar-refractivity contribution in [2.75, 3.05) is 26.1 Å². The maximum atomic E-state index is 13.0. The highest BCUT2D eigenvalue weighted by Crippen LogP contribution is 2.59. The lowest BCUT2D eigenvalue weighted by Crippen LogP contribution is -2.50. The first-order valence-electron chi connectivity index (χ1n) is 11.1. The average Bonchev–Trinajstić information content (AvgIpc) is 3.35. The molecule has 2 aromatic carbocycles. The summed E-state index contributed by atoms with van der Waals surface area (Å²) < 4.78 is 10.4. The average molecular weight is 433 g/mol. The van der Waals surface area contributed by atoms with E-state index in [0.29, 0.717) is 0 Å². The predicted octanol–water partition coefficient (Wildman–Crippen LogP) is 3.81. The fourth-order valence-corrected chi connectivity index (χ4v) is 6.15. The van der Waals surface area contributed by atoms with Crippen LogP contribution in [-0.4, -0.2) is 43.6 Å². The first-order valence-corrected chi connectivity index (χ1v) is 11.1. The van der Waals surface area contributed by atoms with E-state index >= 15 is 0 Å². The molecule has 1 saturated heterocycles. The summed E-state index contributed by atoms with van der Waals surface area (Å²) in [6.45, 7) is 2.79. The molecule has 5 rings (SSSR count). The molecule has 32 heavy (non-hydrogen) atoms. The zero-order valence-electron chi connectivity index (χ0n) is 18.6. The number of ether oxygens (including phenoxy) is 2. The molecule has 2 aliphatic heterocycles. The standard InChI is InChI=1S/C26H28N2O4/c1-16-15-20-26(13-14-28(20)22(25(30)32-3)17-9-5-4-6-10-17)18-11-7-8-12-19(18)27-23(26)21(16)24(29)31-2/h4-12,16,20,22,27H,13-15H2,1-3H3/t16?,20?,22-,26?/m0/s1. The minimum atomic E-state index is -0.494. The van der Waals surface area contributed by atoms with E-state index in [4.69, 9.17) is 9.47 Å². The molecule has 2 heterocycles. The van der Waals surface area contributed by atoms with Crippen LogP contribution in [0.1, 0.15) is 36.9 Å². The van der Waals surface area contributed by atoms with Crippen LogP contribution in [0.4, 0.5) is 5.69 Å². The van der Waals surface area contributed by atoms with Crippen LogP contribution in [-0.2, 0) is 24.5 Å². The van der Waals surface area contributed by atoms with Gasteiger partial charge in [-0.25, -0.2) is 9.59 Å². The Labute approximate surface area is 188 Å². The minimum Gasteiger partial charge on any atom is -0.468 e. The van der Waals surface area contributed by atoms with E-state index in [2.05, 4.69) is 29.3 Å². The number of hydrogen-bond acceptors (Lipinski definition) is 6. The Morgan fingerprint density at radius 1 is 1.06 bits per heavy atom. The van der Waals surface area contributed by atoms with Crippen LogP contribution in [0.5, 0.6) is 0 Å². The van der Waals surface area contributed by atoms with Crippen molar-refractivity contribution in [1.82, 2.24) is 4.90 Å². The van der Waals surface area contributed by atoms with Crippen molar-refractivity contribution in [2.45, 2.75) is 37.3 Å². The molecule has 3 unspecified atom stereocenters. The maximum Gasteiger partial charge on any atom is 0.335 e. The number of nitrogens with zero attached hydrogens (tertiary/aromatic N) is 1. The fraction of sp³-hybridized carbons (Fsp3) is 0.385. The number of para-hydroxylation sites is 1. The SMILES string of the molecule is COC(=O)C1=C2Nc3ccccc3C23CCN([C@H](C(=O)OC)c2ccccc2)C3CC1C. The monoisotopic (exact) mass is 432 g/mol. The Kier molecular flexibility index (Phi) is 5.05. The summed E-state index contributed by atoms with van der Waals surface area (Å²) in [5.41, 5.74) is 4.41. The molecular weight excluding hydrogens is 404 g/mol. The molecule has 6 heteroatoms. The van der Waals surface area contributed by atoms with Crippen LogP contribution in [0.25, 0.3) is 0 Å². The highest BCUT2D eigenvalue weighted by molar-refractivity contribution is 5.93. The van der Waals surface area contributed by atoms with Gasteiger partial charge in [-0.2, -0.15) is 0 Å². The summed E-state index contributed by atoms with van der Waals surface area (Å²) in [5.74, 6) is -0.548. The van der Waals surface area contributed by atoms with E-state index in [1.165, 1.54) is 19.8 Å². The predicted molar refractivity (Wildman–Crippen MR) is 121 cm³/mol. The maximum absolute atomic E-state index is 13.0. The molecule has 1 fully saturated rings. The third-order valence-corrected chi connectivity index (χ3v) is 7.46. The Hall–Kier alpha value is -3.12. The van der Waals surface area contributed by atoms with Gasteiger partial charge in [0.15, 0.2) is 0 Å². The largest absolute Gasteiger partial charge is 0.468 e. The first-order chi connectivity index (χ1) is 15.5. The molecule has 0 saturated carbocycles. The highest BCUT2D eigenvalue weighted by atomic mass is 16.5. The van der Waals surface area contributed by atoms with E-state index in [-0.39, 0.29) is 29.3 Å². The number of carbonyl (C=O) groups is 2. The van der Waals surface area contributed by atoms with Crippen molar-refractivity contribution < 1.29 is 19.1 Å². The molecule has 1 aliphatic carbocycles. The van der Waals surface area contributed by atoms with Gasteiger partial charge >= 0.3 is 11.9 Å². The number of fused-ring (bicyclic) bond motifs is 1. The zero-order valence-corrected chi connectivity index (χ0v) is 18.6. The van der Waals surface area contributed by atoms with Crippen molar-refractivity contribution >= 4 is 17.6 Å². The number of esters is 2. The second-order valence-electron chi connectivity index (χ2n) is 8.90. The quantitative estimate of drug-likeness (QED) is 0.742. The fourth-order valence-electron chi connectivity index (χ4n) is 6.15. The van der Waals surface area contributed by atoms with Gasteiger partial charge in [-0.05, 0) is 36.0 Å². The highest BCUT2D eigenvalue weighted by Gasteiger charge is 2.61. The van der Waals surface area contributed by atoms with E-state index < -0.39 is 6.04 Å². The Morgan fingerprint density at radius 3 is 2.50 bits per heavy atom. The van der Waals surface area contributed by atoms with Gasteiger partial charge in [0.2, 0.25) is 0 Å². The van der Waals surface area contributed by atoms with Gasteiger partial charge in [0.25, 0.3) is 0 Å². The Morgan fingerprint density at radius 2 is 1.78 bits per heavy atom. The van der Waals surface area contributed by atoms with Crippen molar-refractivity contribution in [3.05, 3.63) is 77.0 Å². The number of nitrogens with one attached hydrogen (secondary N) is 1. The van der Waals surface area contributed by atoms with E-state index in [9.17, 15) is 9.59 Å². The van der Waals surface area contributed by atoms with Crippen LogP contribution in [0.3, 0.4) is 0 Å². The van der Waals surface area contributed by atoms with Crippen molar-refractivity contribution in [2.24, 2.45) is 5.92 Å². The molecule has 166 valence electrons. The molecule has 6 nitrogen and oxygen atoms in total. The topological polar surface area (TPSA) is 67.9 Å². The van der Waals surface area contributed by atoms with Crippen molar-refractivity contribution in [3.8, 4) is 0 Å². The summed E-state index contributed by atoms with van der Waals surface area (Å²) in [7, 11) is 2.88. The number of anilines is 1. The molecule has 0 radical (unpaired) electrons. The van der Waals surface area contributed by atoms with E-state index in [1.807, 2.05) is 42.5 Å². The van der Waals surface area contributed by atoms with E-state index in [0.717, 1.165) is 41.9 Å². The second kappa shape index (κ2) is 7.78. The molecule has 4 atom stereocenters. The van der Waals surface area contributed by atoms with Crippen LogP contribution >= 0.6 is 0 Å². The second-order valence-corrected chi connectivity index (χ2v) is 8.90. The summed E-state index contributed by atoms with van der Waals surface area (Å²) >= 11 is 0. The first kappa shape index (κ1) is 20.8. The van der Waals surface area contributed by atoms with Crippen molar-refractivity contribution in [3.63, 3.8) is 0 Å². The summed E-state index contributed by atoms with van der Waals surface area (Å²) in [4.78, 5) is 28.2. The van der Waals surface area contributed by atoms with Crippen LogP contribution in [0, 0.1) is 5.92 Å². The summed E-state index contributed by atoms with van der Waals surface area (Å²) in [5, 5.41) is 3.57. The number of rotatable bonds is 4. The normalized spacial score (nSPS) is 27.1. The Bertz CT molecular complexity index is 1100. The van der Waals surface area contributed by atoms with Crippen LogP contribution in [0.2, 0.25) is 0 Å². The third-order valence-electron chi connectivity index (χ3n) is 7.46. The molecule has 0 aromatic heterocycles. The molecule has 2 aromatic rings. The number of benzene rings is 2. The van der Waals surface area contributed by atoms with Gasteiger partial charge in [0, 0.05) is 24.0 Å². The lowest BCUT2D eigenvalue weighted by Gasteiger charge is -2.44. The van der Waals surface area contributed by atoms with Gasteiger partial charge in [-0.1, -0.05) is 55.5 Å². The van der Waals surface area contributed by atoms with Crippen LogP contribution < -0.4 is 5.32 Å². The lowest BCUT2D eigenvalue weighted by molar-refractivity contribution is -0.148. The van der Waals surface area contributed by atoms with Crippen molar-refractivity contribution in [1.29, 1.82) is 0 Å². The van der Waals surface area contributed by atoms with E-state index in [1.54, 1.807) is 0 Å². The van der Waals surface area contributed by atoms with Gasteiger partial charge in [0.05, 0.1) is 25.2 Å². The molecule has 1 spiro atoms. The Balaban J connectivity index is 1.68. The molecule has 0 amide bonds. The van der Waals surface area contributed by atoms with Gasteiger partial charge in [-0.15, -0.1) is 0 Å². The van der Waals surface area contributed by atoms with Crippen LogP contribution in [0.15, 0.2) is 65.9 Å². The number of likely N-dealkylation sites (tertiary alicyclic amines) is 1. The van der Waals surface area contributed by atoms with Gasteiger partial charge < -0.3 is 14.8 Å². The smallest absolute Gasteiger partial charge is 0.335 e. The molecule has 1 N–H and O–H groups in total. The zero-order chi connectivity index (χ0) is 22.5. The molecular formula is C26H28N2O4. The van der Waals surface area contributed by atoms with Gasteiger partial charge in [-0.3, -0.25) is 4.90 Å². The summed E-state index contributed by atoms with van der Waals surface area (Å²) in [6, 6.07) is 17.6. The lowest BCUT2D eigenvalue weighted by atomic mass is 9.64. The molecule has 0 bridgehead atoms. The summed E-state index contributed by atoms with van der Waals surface area (Å²) in [6.07, 6.45) is 1.56. The number of carbonyl (C=O) groups excluding carboxylic acids is 2. The molecule has 3 aliphatic rings. The number of hydrogen-bond donors (Lipinski definition) is 1.